The van der Waals surface area contributed by atoms with E-state index < -0.39 is 0 Å². The summed E-state index contributed by atoms with van der Waals surface area (Å²) in [4.78, 5) is 0. The van der Waals surface area contributed by atoms with Gasteiger partial charge in [-0.2, -0.15) is 0 Å². The minimum absolute atomic E-state index is 0.898. The molecule has 0 aliphatic carbocycles. The lowest BCUT2D eigenvalue weighted by molar-refractivity contribution is 0.726. The molecule has 1 N–H and O–H groups in total. The second-order valence-electron chi connectivity index (χ2n) is 4.44. The number of rotatable bonds is 4. The Balaban J connectivity index is 1.93. The zero-order chi connectivity index (χ0) is 13.1. The lowest BCUT2D eigenvalue weighted by Gasteiger charge is -2.05. The summed E-state index contributed by atoms with van der Waals surface area (Å²) in [5, 5.41) is 11.7. The second kappa shape index (κ2) is 5.20. The van der Waals surface area contributed by atoms with Gasteiger partial charge in [-0.1, -0.05) is 36.4 Å². The van der Waals surface area contributed by atoms with Crippen molar-refractivity contribution in [2.45, 2.75) is 13.5 Å². The van der Waals surface area contributed by atoms with E-state index in [4.69, 9.17) is 0 Å². The first-order valence-corrected chi connectivity index (χ1v) is 6.49. The van der Waals surface area contributed by atoms with E-state index in [1.165, 1.54) is 5.56 Å². The van der Waals surface area contributed by atoms with Crippen LogP contribution in [0.15, 0.2) is 48.5 Å². The van der Waals surface area contributed by atoms with E-state index in [9.17, 15) is 0 Å². The van der Waals surface area contributed by atoms with Crippen molar-refractivity contribution in [2.75, 3.05) is 6.54 Å². The molecule has 96 valence electrons. The van der Waals surface area contributed by atoms with Crippen molar-refractivity contribution in [1.82, 2.24) is 20.3 Å². The van der Waals surface area contributed by atoms with Crippen molar-refractivity contribution >= 4 is 11.0 Å². The van der Waals surface area contributed by atoms with Crippen LogP contribution in [0.1, 0.15) is 12.5 Å². The summed E-state index contributed by atoms with van der Waals surface area (Å²) in [5.41, 5.74) is 4.25. The molecule has 3 rings (SSSR count). The van der Waals surface area contributed by atoms with Gasteiger partial charge in [-0.05, 0) is 36.4 Å². The van der Waals surface area contributed by atoms with Crippen LogP contribution in [0.5, 0.6) is 0 Å². The zero-order valence-electron chi connectivity index (χ0n) is 10.9. The number of para-hydroxylation sites is 1. The predicted octanol–water partition coefficient (Wildman–Crippen LogP) is 2.53. The number of nitrogens with zero attached hydrogens (tertiary/aromatic N) is 3. The Bertz CT molecular complexity index is 670. The summed E-state index contributed by atoms with van der Waals surface area (Å²) in [6.07, 6.45) is 0. The molecule has 19 heavy (non-hydrogen) atoms. The molecule has 0 spiro atoms. The van der Waals surface area contributed by atoms with Crippen molar-refractivity contribution in [3.8, 4) is 5.69 Å². The van der Waals surface area contributed by atoms with Crippen LogP contribution in [-0.2, 0) is 6.54 Å². The molecule has 1 heterocycles. The lowest BCUT2D eigenvalue weighted by atomic mass is 10.2. The molecule has 0 radical (unpaired) electrons. The van der Waals surface area contributed by atoms with Gasteiger partial charge in [-0.15, -0.1) is 5.10 Å². The summed E-state index contributed by atoms with van der Waals surface area (Å²) in [6, 6.07) is 16.4. The largest absolute Gasteiger partial charge is 0.313 e. The van der Waals surface area contributed by atoms with Crippen LogP contribution >= 0.6 is 0 Å². The third-order valence-corrected chi connectivity index (χ3v) is 3.11. The van der Waals surface area contributed by atoms with Crippen molar-refractivity contribution in [3.05, 3.63) is 54.1 Å². The van der Waals surface area contributed by atoms with Crippen LogP contribution in [-0.4, -0.2) is 21.5 Å². The summed E-state index contributed by atoms with van der Waals surface area (Å²) < 4.78 is 1.87. The molecule has 0 aliphatic heterocycles. The SMILES string of the molecule is CCNCc1ccc(-n2nnc3ccccc32)cc1. The third kappa shape index (κ3) is 2.35. The molecule has 1 aromatic heterocycles. The van der Waals surface area contributed by atoms with Gasteiger partial charge in [0.1, 0.15) is 5.52 Å². The maximum absolute atomic E-state index is 4.21. The number of hydrogen-bond donors (Lipinski definition) is 1. The molecule has 4 heteroatoms. The maximum Gasteiger partial charge on any atom is 0.113 e. The highest BCUT2D eigenvalue weighted by molar-refractivity contribution is 5.75. The minimum Gasteiger partial charge on any atom is -0.313 e. The molecule has 0 atom stereocenters. The van der Waals surface area contributed by atoms with Gasteiger partial charge < -0.3 is 5.32 Å². The fourth-order valence-corrected chi connectivity index (χ4v) is 2.08. The summed E-state index contributed by atoms with van der Waals surface area (Å²) >= 11 is 0. The van der Waals surface area contributed by atoms with E-state index in [2.05, 4.69) is 46.8 Å². The van der Waals surface area contributed by atoms with E-state index in [1.54, 1.807) is 0 Å². The van der Waals surface area contributed by atoms with Crippen LogP contribution in [0.25, 0.3) is 16.7 Å². The van der Waals surface area contributed by atoms with E-state index >= 15 is 0 Å². The Morgan fingerprint density at radius 2 is 1.84 bits per heavy atom. The number of benzene rings is 2. The standard InChI is InChI=1S/C15H16N4/c1-2-16-11-12-7-9-13(10-8-12)19-15-6-4-3-5-14(15)17-18-19/h3-10,16H,2,11H2,1H3. The lowest BCUT2D eigenvalue weighted by Crippen LogP contribution is -2.11. The molecular formula is C15H16N4. The molecule has 0 unspecified atom stereocenters. The molecule has 0 aliphatic rings. The highest BCUT2D eigenvalue weighted by Crippen LogP contribution is 2.16. The monoisotopic (exact) mass is 252 g/mol. The fourth-order valence-electron chi connectivity index (χ4n) is 2.08. The van der Waals surface area contributed by atoms with Gasteiger partial charge in [0.2, 0.25) is 0 Å². The predicted molar refractivity (Wildman–Crippen MR) is 76.2 cm³/mol. The van der Waals surface area contributed by atoms with E-state index in [-0.39, 0.29) is 0 Å². The molecule has 0 saturated carbocycles. The number of aromatic nitrogens is 3. The van der Waals surface area contributed by atoms with Gasteiger partial charge in [0.15, 0.2) is 0 Å². The topological polar surface area (TPSA) is 42.7 Å². The molecule has 4 nitrogen and oxygen atoms in total. The van der Waals surface area contributed by atoms with Crippen molar-refractivity contribution in [1.29, 1.82) is 0 Å². The van der Waals surface area contributed by atoms with Gasteiger partial charge in [0.05, 0.1) is 11.2 Å². The number of fused-ring (bicyclic) bond motifs is 1. The van der Waals surface area contributed by atoms with Crippen molar-refractivity contribution in [2.24, 2.45) is 0 Å². The normalized spacial score (nSPS) is 11.0. The molecule has 0 fully saturated rings. The molecule has 0 bridgehead atoms. The van der Waals surface area contributed by atoms with Crippen LogP contribution in [0.3, 0.4) is 0 Å². The van der Waals surface area contributed by atoms with Gasteiger partial charge in [-0.25, -0.2) is 4.68 Å². The van der Waals surface area contributed by atoms with E-state index in [0.29, 0.717) is 0 Å². The highest BCUT2D eigenvalue weighted by atomic mass is 15.4. The average Bonchev–Trinajstić information content (AvgIpc) is 2.90. The van der Waals surface area contributed by atoms with Crippen LogP contribution in [0, 0.1) is 0 Å². The number of nitrogens with one attached hydrogen (secondary N) is 1. The molecule has 3 aromatic rings. The molecule has 0 saturated heterocycles. The molecule has 0 amide bonds. The Hall–Kier alpha value is -2.20. The zero-order valence-corrected chi connectivity index (χ0v) is 10.9. The molecule has 2 aromatic carbocycles. The average molecular weight is 252 g/mol. The smallest absolute Gasteiger partial charge is 0.113 e. The Morgan fingerprint density at radius 3 is 2.63 bits per heavy atom. The van der Waals surface area contributed by atoms with Crippen LogP contribution in [0.2, 0.25) is 0 Å². The van der Waals surface area contributed by atoms with E-state index in [0.717, 1.165) is 29.8 Å². The number of hydrogen-bond acceptors (Lipinski definition) is 3. The third-order valence-electron chi connectivity index (χ3n) is 3.11. The van der Waals surface area contributed by atoms with Gasteiger partial charge >= 0.3 is 0 Å². The first-order chi connectivity index (χ1) is 9.38. The van der Waals surface area contributed by atoms with Crippen LogP contribution < -0.4 is 5.32 Å². The maximum atomic E-state index is 4.21. The van der Waals surface area contributed by atoms with Gasteiger partial charge in [0, 0.05) is 6.54 Å². The fraction of sp³-hybridized carbons (Fsp3) is 0.200. The summed E-state index contributed by atoms with van der Waals surface area (Å²) in [6.45, 7) is 3.99. The Labute approximate surface area is 112 Å². The van der Waals surface area contributed by atoms with Crippen molar-refractivity contribution < 1.29 is 0 Å². The quantitative estimate of drug-likeness (QED) is 0.776. The van der Waals surface area contributed by atoms with Crippen molar-refractivity contribution in [3.63, 3.8) is 0 Å². The van der Waals surface area contributed by atoms with Gasteiger partial charge in [-0.3, -0.25) is 0 Å². The first-order valence-electron chi connectivity index (χ1n) is 6.49. The first kappa shape index (κ1) is 11.9. The summed E-state index contributed by atoms with van der Waals surface area (Å²) in [7, 11) is 0. The highest BCUT2D eigenvalue weighted by Gasteiger charge is 2.05. The second-order valence-corrected chi connectivity index (χ2v) is 4.44. The summed E-state index contributed by atoms with van der Waals surface area (Å²) in [5.74, 6) is 0. The Kier molecular flexibility index (Phi) is 3.25. The minimum atomic E-state index is 0.898. The Morgan fingerprint density at radius 1 is 1.05 bits per heavy atom. The van der Waals surface area contributed by atoms with E-state index in [1.807, 2.05) is 28.9 Å². The van der Waals surface area contributed by atoms with Gasteiger partial charge in [0.25, 0.3) is 0 Å². The molecular weight excluding hydrogens is 236 g/mol. The van der Waals surface area contributed by atoms with Crippen LogP contribution in [0.4, 0.5) is 0 Å².